The third kappa shape index (κ3) is 2.75. The van der Waals surface area contributed by atoms with Crippen LogP contribution in [0, 0.1) is 13.7 Å². The van der Waals surface area contributed by atoms with Crippen LogP contribution in [0.5, 0.6) is 0 Å². The molecule has 0 atom stereocenters. The van der Waals surface area contributed by atoms with E-state index in [0.29, 0.717) is 11.5 Å². The monoisotopic (exact) mass is 394 g/mol. The fourth-order valence-corrected chi connectivity index (χ4v) is 2.23. The highest BCUT2D eigenvalue weighted by Crippen LogP contribution is 2.18. The topological polar surface area (TPSA) is 88.6 Å². The highest BCUT2D eigenvalue weighted by molar-refractivity contribution is 14.1. The Kier molecular flexibility index (Phi) is 3.60. The van der Waals surface area contributed by atoms with Gasteiger partial charge in [0.25, 0.3) is 5.69 Å². The number of rotatable bonds is 3. The zero-order valence-corrected chi connectivity index (χ0v) is 12.8. The Balaban J connectivity index is 2.03. The number of aromatic amines is 1. The Bertz CT molecular complexity index is 800. The van der Waals surface area contributed by atoms with Crippen molar-refractivity contribution >= 4 is 28.3 Å². The van der Waals surface area contributed by atoms with E-state index in [1.54, 1.807) is 18.2 Å². The van der Waals surface area contributed by atoms with E-state index in [0.717, 1.165) is 9.13 Å². The standard InChI is InChI=1S/C13H8IN5O2/c14-10-7-5-9(6-8-10)13-15-17-18(16-13)11-3-1-2-4-12(11)19(20)21/h1-8H/p+1. The number of nitro benzene ring substituents is 1. The van der Waals surface area contributed by atoms with Gasteiger partial charge < -0.3 is 0 Å². The van der Waals surface area contributed by atoms with Crippen molar-refractivity contribution in [2.24, 2.45) is 0 Å². The molecule has 1 heterocycles. The molecule has 0 amide bonds. The molecule has 7 nitrogen and oxygen atoms in total. The smallest absolute Gasteiger partial charge is 0.258 e. The zero-order chi connectivity index (χ0) is 14.8. The second kappa shape index (κ2) is 5.56. The molecule has 0 aliphatic carbocycles. The fraction of sp³-hybridized carbons (Fsp3) is 0. The molecule has 0 spiro atoms. The van der Waals surface area contributed by atoms with E-state index in [2.05, 4.69) is 38.0 Å². The number of hydrogen-bond acceptors (Lipinski definition) is 4. The van der Waals surface area contributed by atoms with Crippen molar-refractivity contribution in [3.8, 4) is 17.1 Å². The third-order valence-electron chi connectivity index (χ3n) is 2.87. The Hall–Kier alpha value is -2.36. The summed E-state index contributed by atoms with van der Waals surface area (Å²) in [5.41, 5.74) is 1.17. The van der Waals surface area contributed by atoms with Gasteiger partial charge in [-0.05, 0) is 57.7 Å². The lowest BCUT2D eigenvalue weighted by atomic mass is 10.2. The largest absolute Gasteiger partial charge is 0.320 e. The maximum atomic E-state index is 11.0. The number of para-hydroxylation sites is 2. The molecule has 0 saturated carbocycles. The number of nitrogens with one attached hydrogen (secondary N) is 1. The van der Waals surface area contributed by atoms with Crippen molar-refractivity contribution in [2.45, 2.75) is 0 Å². The average molecular weight is 394 g/mol. The van der Waals surface area contributed by atoms with Crippen LogP contribution in [0.3, 0.4) is 0 Å². The summed E-state index contributed by atoms with van der Waals surface area (Å²) in [6.45, 7) is 0. The predicted octanol–water partition coefficient (Wildman–Crippen LogP) is 2.26. The Morgan fingerprint density at radius 2 is 1.86 bits per heavy atom. The molecule has 2 aromatic carbocycles. The Labute approximate surface area is 132 Å². The Morgan fingerprint density at radius 1 is 1.14 bits per heavy atom. The van der Waals surface area contributed by atoms with Gasteiger partial charge in [-0.2, -0.15) is 5.10 Å². The molecular weight excluding hydrogens is 385 g/mol. The molecule has 0 bridgehead atoms. The fourth-order valence-electron chi connectivity index (χ4n) is 1.87. The first kappa shape index (κ1) is 13.6. The summed E-state index contributed by atoms with van der Waals surface area (Å²) in [5, 5.41) is 21.9. The molecule has 104 valence electrons. The lowest BCUT2D eigenvalue weighted by Gasteiger charge is -1.95. The normalized spacial score (nSPS) is 10.5. The zero-order valence-electron chi connectivity index (χ0n) is 10.6. The van der Waals surface area contributed by atoms with Gasteiger partial charge in [0.2, 0.25) is 0 Å². The molecule has 1 aromatic heterocycles. The predicted molar refractivity (Wildman–Crippen MR) is 82.7 cm³/mol. The van der Waals surface area contributed by atoms with E-state index in [-0.39, 0.29) is 5.69 Å². The molecule has 8 heteroatoms. The summed E-state index contributed by atoms with van der Waals surface area (Å²) >= 11 is 2.22. The van der Waals surface area contributed by atoms with Crippen molar-refractivity contribution in [2.75, 3.05) is 0 Å². The van der Waals surface area contributed by atoms with Gasteiger partial charge in [0.05, 0.1) is 10.0 Å². The molecule has 0 aliphatic heterocycles. The summed E-state index contributed by atoms with van der Waals surface area (Å²) in [4.78, 5) is 11.9. The van der Waals surface area contributed by atoms with Crippen LogP contribution in [-0.4, -0.2) is 20.3 Å². The quantitative estimate of drug-likeness (QED) is 0.320. The minimum Gasteiger partial charge on any atom is -0.258 e. The van der Waals surface area contributed by atoms with Crippen molar-refractivity contribution in [1.29, 1.82) is 0 Å². The van der Waals surface area contributed by atoms with Crippen molar-refractivity contribution < 1.29 is 9.72 Å². The maximum absolute atomic E-state index is 11.0. The van der Waals surface area contributed by atoms with Crippen LogP contribution in [0.1, 0.15) is 0 Å². The molecule has 3 rings (SSSR count). The van der Waals surface area contributed by atoms with E-state index < -0.39 is 4.92 Å². The van der Waals surface area contributed by atoms with E-state index in [9.17, 15) is 10.1 Å². The van der Waals surface area contributed by atoms with Crippen LogP contribution in [0.15, 0.2) is 48.5 Å². The number of hydrogen-bond donors (Lipinski definition) is 1. The molecule has 0 aliphatic rings. The first-order valence-electron chi connectivity index (χ1n) is 6.00. The van der Waals surface area contributed by atoms with Crippen molar-refractivity contribution in [3.63, 3.8) is 0 Å². The van der Waals surface area contributed by atoms with Crippen LogP contribution in [0.2, 0.25) is 0 Å². The second-order valence-corrected chi connectivity index (χ2v) is 5.46. The van der Waals surface area contributed by atoms with E-state index in [1.807, 2.05) is 24.3 Å². The highest BCUT2D eigenvalue weighted by atomic mass is 127. The van der Waals surface area contributed by atoms with Gasteiger partial charge in [-0.3, -0.25) is 10.1 Å². The number of benzene rings is 2. The number of aromatic nitrogens is 4. The minimum absolute atomic E-state index is 0.0344. The molecular formula is C13H9IN5O2+. The molecule has 0 radical (unpaired) electrons. The molecule has 0 fully saturated rings. The van der Waals surface area contributed by atoms with Gasteiger partial charge in [0.15, 0.2) is 5.21 Å². The van der Waals surface area contributed by atoms with Gasteiger partial charge in [0.1, 0.15) is 0 Å². The SMILES string of the molecule is O=[N+]([O-])c1ccccc1-[n+]1nnc(-c2ccc(I)cc2)[nH]1. The van der Waals surface area contributed by atoms with Gasteiger partial charge in [-0.15, -0.1) is 0 Å². The highest BCUT2D eigenvalue weighted by Gasteiger charge is 2.23. The van der Waals surface area contributed by atoms with Gasteiger partial charge >= 0.3 is 11.5 Å². The number of H-pyrrole nitrogens is 1. The van der Waals surface area contributed by atoms with Crippen LogP contribution in [0.4, 0.5) is 5.69 Å². The first-order chi connectivity index (χ1) is 10.1. The number of nitro groups is 1. The second-order valence-electron chi connectivity index (χ2n) is 4.21. The van der Waals surface area contributed by atoms with Crippen LogP contribution < -0.4 is 4.80 Å². The first-order valence-corrected chi connectivity index (χ1v) is 7.08. The third-order valence-corrected chi connectivity index (χ3v) is 3.59. The molecule has 1 N–H and O–H groups in total. The van der Waals surface area contributed by atoms with Gasteiger partial charge in [-0.1, -0.05) is 12.1 Å². The van der Waals surface area contributed by atoms with E-state index >= 15 is 0 Å². The average Bonchev–Trinajstić information content (AvgIpc) is 2.97. The van der Waals surface area contributed by atoms with Gasteiger partial charge in [0, 0.05) is 15.2 Å². The van der Waals surface area contributed by atoms with Crippen molar-refractivity contribution in [1.82, 2.24) is 15.4 Å². The van der Waals surface area contributed by atoms with Crippen LogP contribution >= 0.6 is 22.6 Å². The van der Waals surface area contributed by atoms with E-state index in [4.69, 9.17) is 0 Å². The van der Waals surface area contributed by atoms with Crippen molar-refractivity contribution in [3.05, 3.63) is 62.2 Å². The lowest BCUT2D eigenvalue weighted by Crippen LogP contribution is -2.36. The maximum Gasteiger partial charge on any atom is 0.320 e. The summed E-state index contributed by atoms with van der Waals surface area (Å²) in [6, 6.07) is 14.1. The number of nitrogens with zero attached hydrogens (tertiary/aromatic N) is 4. The Morgan fingerprint density at radius 3 is 2.57 bits per heavy atom. The van der Waals surface area contributed by atoms with Gasteiger partial charge in [-0.25, -0.2) is 0 Å². The number of halogens is 1. The van der Waals surface area contributed by atoms with E-state index in [1.165, 1.54) is 10.9 Å². The van der Waals surface area contributed by atoms with Crippen LogP contribution in [-0.2, 0) is 0 Å². The summed E-state index contributed by atoms with van der Waals surface area (Å²) < 4.78 is 1.11. The molecule has 21 heavy (non-hydrogen) atoms. The molecule has 0 saturated heterocycles. The summed E-state index contributed by atoms with van der Waals surface area (Å²) in [6.07, 6.45) is 0. The minimum atomic E-state index is -0.449. The van der Waals surface area contributed by atoms with Crippen LogP contribution in [0.25, 0.3) is 17.1 Å². The summed E-state index contributed by atoms with van der Waals surface area (Å²) in [5.74, 6) is 0.546. The number of tetrazole rings is 1. The molecule has 0 unspecified atom stereocenters. The lowest BCUT2D eigenvalue weighted by molar-refractivity contribution is -0.718. The summed E-state index contributed by atoms with van der Waals surface area (Å²) in [7, 11) is 0. The molecule has 3 aromatic rings.